The largest absolute Gasteiger partial charge is 0.507 e. The maximum absolute atomic E-state index is 13.2. The summed E-state index contributed by atoms with van der Waals surface area (Å²) in [6.07, 6.45) is 2.80. The van der Waals surface area contributed by atoms with Gasteiger partial charge in [0.2, 0.25) is 0 Å². The number of hydrogen-bond acceptors (Lipinski definition) is 5. The molecule has 1 saturated carbocycles. The second-order valence-corrected chi connectivity index (χ2v) is 8.38. The summed E-state index contributed by atoms with van der Waals surface area (Å²) in [5.41, 5.74) is 2.29. The highest BCUT2D eigenvalue weighted by Gasteiger charge is 2.30. The summed E-state index contributed by atoms with van der Waals surface area (Å²) >= 11 is 0. The van der Waals surface area contributed by atoms with Crippen LogP contribution in [0.4, 0.5) is 0 Å². The van der Waals surface area contributed by atoms with Gasteiger partial charge in [-0.15, -0.1) is 0 Å². The molecule has 0 spiro atoms. The van der Waals surface area contributed by atoms with Gasteiger partial charge in [0.05, 0.1) is 11.7 Å². The van der Waals surface area contributed by atoms with Crippen molar-refractivity contribution in [2.45, 2.75) is 37.7 Å². The van der Waals surface area contributed by atoms with E-state index in [1.54, 1.807) is 18.2 Å². The average Bonchev–Trinajstić information content (AvgIpc) is 2.80. The van der Waals surface area contributed by atoms with Gasteiger partial charge in [0.1, 0.15) is 28.2 Å². The van der Waals surface area contributed by atoms with Crippen molar-refractivity contribution in [3.05, 3.63) is 82.5 Å². The van der Waals surface area contributed by atoms with Crippen LogP contribution >= 0.6 is 0 Å². The molecule has 2 unspecified atom stereocenters. The molecule has 0 saturated heterocycles. The van der Waals surface area contributed by atoms with E-state index in [-0.39, 0.29) is 34.1 Å². The highest BCUT2D eigenvalue weighted by Crippen LogP contribution is 2.44. The van der Waals surface area contributed by atoms with E-state index in [9.17, 15) is 20.1 Å². The van der Waals surface area contributed by atoms with Crippen molar-refractivity contribution in [2.75, 3.05) is 0 Å². The van der Waals surface area contributed by atoms with Crippen LogP contribution in [0.1, 0.15) is 37.2 Å². The number of para-hydroxylation sites is 1. The zero-order valence-corrected chi connectivity index (χ0v) is 17.5. The smallest absolute Gasteiger partial charge is 0.197 e. The first-order valence-electron chi connectivity index (χ1n) is 10.9. The molecule has 3 aromatic carbocycles. The molecule has 1 heterocycles. The molecule has 1 aliphatic carbocycles. The minimum absolute atomic E-state index is 0.000575. The summed E-state index contributed by atoms with van der Waals surface area (Å²) in [6, 6.07) is 19.2. The minimum atomic E-state index is -0.556. The number of phenols is 2. The Morgan fingerprint density at radius 2 is 1.56 bits per heavy atom. The summed E-state index contributed by atoms with van der Waals surface area (Å²) in [6.45, 7) is 0. The second-order valence-electron chi connectivity index (χ2n) is 8.38. The van der Waals surface area contributed by atoms with E-state index in [0.717, 1.165) is 24.8 Å². The van der Waals surface area contributed by atoms with Gasteiger partial charge in [0, 0.05) is 23.1 Å². The number of aliphatic hydroxyl groups excluding tert-OH is 1. The van der Waals surface area contributed by atoms with Gasteiger partial charge in [0.25, 0.3) is 0 Å². The molecule has 0 amide bonds. The second kappa shape index (κ2) is 8.17. The first-order valence-corrected chi connectivity index (χ1v) is 10.9. The average molecular weight is 428 g/mol. The van der Waals surface area contributed by atoms with Crippen LogP contribution in [0.2, 0.25) is 0 Å². The summed E-state index contributed by atoms with van der Waals surface area (Å²) < 4.78 is 6.18. The molecule has 5 heteroatoms. The zero-order valence-electron chi connectivity index (χ0n) is 17.5. The van der Waals surface area contributed by atoms with E-state index < -0.39 is 11.5 Å². The molecule has 1 aliphatic rings. The molecule has 1 aromatic heterocycles. The van der Waals surface area contributed by atoms with Gasteiger partial charge >= 0.3 is 0 Å². The third-order valence-electron chi connectivity index (χ3n) is 6.38. The van der Waals surface area contributed by atoms with Crippen molar-refractivity contribution in [2.24, 2.45) is 0 Å². The molecule has 32 heavy (non-hydrogen) atoms. The molecular weight excluding hydrogens is 404 g/mol. The highest BCUT2D eigenvalue weighted by molar-refractivity contribution is 5.95. The van der Waals surface area contributed by atoms with Gasteiger partial charge < -0.3 is 19.7 Å². The Hall–Kier alpha value is -3.57. The first-order chi connectivity index (χ1) is 15.5. The van der Waals surface area contributed by atoms with Crippen LogP contribution < -0.4 is 5.43 Å². The van der Waals surface area contributed by atoms with Crippen LogP contribution in [0, 0.1) is 0 Å². The lowest BCUT2D eigenvalue weighted by Crippen LogP contribution is -2.23. The molecule has 162 valence electrons. The van der Waals surface area contributed by atoms with Gasteiger partial charge in [-0.1, -0.05) is 55.3 Å². The molecule has 5 nitrogen and oxygen atoms in total. The number of rotatable bonds is 3. The van der Waals surface area contributed by atoms with Crippen LogP contribution in [0.5, 0.6) is 11.5 Å². The number of phenolic OH excluding ortho intramolecular Hbond substituents is 2. The Balaban J connectivity index is 1.83. The number of fused-ring (bicyclic) bond motifs is 1. The molecular formula is C27H24O5. The minimum Gasteiger partial charge on any atom is -0.507 e. The predicted molar refractivity (Wildman–Crippen MR) is 124 cm³/mol. The zero-order chi connectivity index (χ0) is 22.2. The van der Waals surface area contributed by atoms with E-state index in [1.807, 2.05) is 36.4 Å². The standard InChI is InChI=1S/C27H24O5/c28-21-12-6-4-10-17(21)20-14-19(16-8-2-1-3-9-16)26(31)25-23(30)15-24(32-27(20)25)18-11-5-7-13-22(18)29/h1-3,5,7-9,11,13-15,17,21,28-29,31H,4,6,10,12H2. The van der Waals surface area contributed by atoms with Crippen molar-refractivity contribution >= 4 is 11.0 Å². The van der Waals surface area contributed by atoms with Crippen LogP contribution in [0.3, 0.4) is 0 Å². The summed E-state index contributed by atoms with van der Waals surface area (Å²) in [4.78, 5) is 13.2. The van der Waals surface area contributed by atoms with E-state index >= 15 is 0 Å². The number of benzene rings is 3. The van der Waals surface area contributed by atoms with E-state index in [2.05, 4.69) is 0 Å². The molecule has 0 radical (unpaired) electrons. The Kier molecular flexibility index (Phi) is 5.19. The summed E-state index contributed by atoms with van der Waals surface area (Å²) in [7, 11) is 0. The van der Waals surface area contributed by atoms with Crippen molar-refractivity contribution in [3.63, 3.8) is 0 Å². The number of hydrogen-bond donors (Lipinski definition) is 3. The Morgan fingerprint density at radius 1 is 0.844 bits per heavy atom. The number of aromatic hydroxyl groups is 2. The Morgan fingerprint density at radius 3 is 2.31 bits per heavy atom. The molecule has 0 bridgehead atoms. The van der Waals surface area contributed by atoms with Crippen LogP contribution in [0.15, 0.2) is 75.9 Å². The maximum atomic E-state index is 13.2. The van der Waals surface area contributed by atoms with Gasteiger partial charge in [-0.2, -0.15) is 0 Å². The third-order valence-corrected chi connectivity index (χ3v) is 6.38. The lowest BCUT2D eigenvalue weighted by Gasteiger charge is -2.29. The van der Waals surface area contributed by atoms with Crippen LogP contribution in [-0.2, 0) is 0 Å². The summed E-state index contributed by atoms with van der Waals surface area (Å²) in [5.74, 6) is -0.131. The highest BCUT2D eigenvalue weighted by atomic mass is 16.3. The summed E-state index contributed by atoms with van der Waals surface area (Å²) in [5, 5.41) is 32.3. The van der Waals surface area contributed by atoms with Crippen molar-refractivity contribution in [3.8, 4) is 33.9 Å². The molecule has 5 rings (SSSR count). The predicted octanol–water partition coefficient (Wildman–Crippen LogP) is 5.56. The normalized spacial score (nSPS) is 18.7. The maximum Gasteiger partial charge on any atom is 0.197 e. The van der Waals surface area contributed by atoms with Crippen molar-refractivity contribution in [1.29, 1.82) is 0 Å². The van der Waals surface area contributed by atoms with Gasteiger partial charge in [-0.25, -0.2) is 0 Å². The van der Waals surface area contributed by atoms with Gasteiger partial charge in [-0.05, 0) is 36.6 Å². The lowest BCUT2D eigenvalue weighted by atomic mass is 9.80. The van der Waals surface area contributed by atoms with Crippen LogP contribution in [-0.4, -0.2) is 21.4 Å². The van der Waals surface area contributed by atoms with Gasteiger partial charge in [-0.3, -0.25) is 4.79 Å². The molecule has 0 aliphatic heterocycles. The van der Waals surface area contributed by atoms with E-state index in [4.69, 9.17) is 4.42 Å². The van der Waals surface area contributed by atoms with E-state index in [0.29, 0.717) is 23.1 Å². The lowest BCUT2D eigenvalue weighted by molar-refractivity contribution is 0.106. The van der Waals surface area contributed by atoms with Crippen molar-refractivity contribution < 1.29 is 19.7 Å². The molecule has 1 fully saturated rings. The molecule has 4 aromatic rings. The third kappa shape index (κ3) is 3.45. The van der Waals surface area contributed by atoms with Gasteiger partial charge in [0.15, 0.2) is 5.43 Å². The quantitative estimate of drug-likeness (QED) is 0.398. The molecule has 2 atom stereocenters. The van der Waals surface area contributed by atoms with E-state index in [1.165, 1.54) is 12.1 Å². The fraction of sp³-hybridized carbons (Fsp3) is 0.222. The number of aliphatic hydroxyl groups is 1. The fourth-order valence-electron chi connectivity index (χ4n) is 4.75. The fourth-order valence-corrected chi connectivity index (χ4v) is 4.75. The topological polar surface area (TPSA) is 90.9 Å². The van der Waals surface area contributed by atoms with Crippen molar-refractivity contribution in [1.82, 2.24) is 0 Å². The monoisotopic (exact) mass is 428 g/mol. The Bertz CT molecular complexity index is 1340. The molecule has 3 N–H and O–H groups in total. The first kappa shape index (κ1) is 20.3. The SMILES string of the molecule is O=c1cc(-c2ccccc2O)oc2c(C3CCCCC3O)cc(-c3ccccc3)c(O)c12. The van der Waals surface area contributed by atoms with Crippen LogP contribution in [0.25, 0.3) is 33.4 Å². The Labute approximate surface area is 185 Å².